The van der Waals surface area contributed by atoms with Gasteiger partial charge in [-0.3, -0.25) is 10.2 Å². The van der Waals surface area contributed by atoms with Crippen molar-refractivity contribution in [3.63, 3.8) is 0 Å². The van der Waals surface area contributed by atoms with E-state index < -0.39 is 11.7 Å². The van der Waals surface area contributed by atoms with E-state index >= 15 is 0 Å². The van der Waals surface area contributed by atoms with Gasteiger partial charge in [-0.1, -0.05) is 13.8 Å². The lowest BCUT2D eigenvalue weighted by Crippen LogP contribution is -2.33. The van der Waals surface area contributed by atoms with Gasteiger partial charge in [0.25, 0.3) is 0 Å². The van der Waals surface area contributed by atoms with Crippen molar-refractivity contribution in [1.82, 2.24) is 4.90 Å². The van der Waals surface area contributed by atoms with Gasteiger partial charge in [-0.05, 0) is 44.4 Å². The van der Waals surface area contributed by atoms with Gasteiger partial charge in [-0.15, -0.1) is 0 Å². The van der Waals surface area contributed by atoms with Gasteiger partial charge in [-0.25, -0.2) is 9.59 Å². The highest BCUT2D eigenvalue weighted by molar-refractivity contribution is 5.89. The van der Waals surface area contributed by atoms with Gasteiger partial charge in [0.1, 0.15) is 5.58 Å². The van der Waals surface area contributed by atoms with Crippen LogP contribution in [0.2, 0.25) is 0 Å². The maximum absolute atomic E-state index is 12.0. The summed E-state index contributed by atoms with van der Waals surface area (Å²) in [5.74, 6) is 0.532. The fourth-order valence-corrected chi connectivity index (χ4v) is 2.87. The molecule has 26 heavy (non-hydrogen) atoms. The van der Waals surface area contributed by atoms with Crippen LogP contribution < -0.4 is 10.9 Å². The van der Waals surface area contributed by atoms with Crippen LogP contribution in [0.1, 0.15) is 40.2 Å². The lowest BCUT2D eigenvalue weighted by molar-refractivity contribution is 0.168. The number of hydrogen-bond acceptors (Lipinski definition) is 5. The number of rotatable bonds is 7. The Morgan fingerprint density at radius 1 is 1.23 bits per heavy atom. The van der Waals surface area contributed by atoms with Crippen molar-refractivity contribution in [3.05, 3.63) is 40.2 Å². The number of carbonyl (C=O) groups is 1. The molecule has 6 heteroatoms. The van der Waals surface area contributed by atoms with Crippen molar-refractivity contribution in [2.75, 3.05) is 18.5 Å². The Balaban J connectivity index is 2.35. The van der Waals surface area contributed by atoms with E-state index in [1.807, 2.05) is 6.07 Å². The number of ether oxygens (including phenoxy) is 1. The van der Waals surface area contributed by atoms with Crippen molar-refractivity contribution in [1.29, 1.82) is 0 Å². The molecule has 1 amide bonds. The number of anilines is 1. The standard InChI is InChI=1S/C20H28N2O4/c1-6-25-20(24)21-16-7-8-17-15(9-19(23)26-18(17)10-16)12-22(14(4)5)11-13(2)3/h7-10,13-14H,6,11-12H2,1-5H3,(H,21,24). The van der Waals surface area contributed by atoms with E-state index in [9.17, 15) is 9.59 Å². The normalized spacial score (nSPS) is 11.5. The van der Waals surface area contributed by atoms with E-state index in [-0.39, 0.29) is 0 Å². The second-order valence-corrected chi connectivity index (χ2v) is 7.06. The molecule has 2 aromatic rings. The summed E-state index contributed by atoms with van der Waals surface area (Å²) in [6, 6.07) is 7.22. The van der Waals surface area contributed by atoms with Gasteiger partial charge < -0.3 is 9.15 Å². The van der Waals surface area contributed by atoms with Crippen molar-refractivity contribution < 1.29 is 13.9 Å². The van der Waals surface area contributed by atoms with E-state index in [1.165, 1.54) is 0 Å². The van der Waals surface area contributed by atoms with E-state index in [0.29, 0.717) is 36.4 Å². The zero-order valence-corrected chi connectivity index (χ0v) is 16.2. The van der Waals surface area contributed by atoms with E-state index in [4.69, 9.17) is 9.15 Å². The van der Waals surface area contributed by atoms with Gasteiger partial charge in [0, 0.05) is 42.3 Å². The van der Waals surface area contributed by atoms with Crippen LogP contribution in [-0.4, -0.2) is 30.2 Å². The first-order valence-electron chi connectivity index (χ1n) is 9.04. The van der Waals surface area contributed by atoms with Crippen molar-refractivity contribution in [3.8, 4) is 0 Å². The lowest BCUT2D eigenvalue weighted by Gasteiger charge is -2.28. The molecular weight excluding hydrogens is 332 g/mol. The Hall–Kier alpha value is -2.34. The highest BCUT2D eigenvalue weighted by atomic mass is 16.5. The van der Waals surface area contributed by atoms with Crippen molar-refractivity contribution in [2.24, 2.45) is 5.92 Å². The number of nitrogens with zero attached hydrogens (tertiary/aromatic N) is 1. The number of carbonyl (C=O) groups excluding carboxylic acids is 1. The van der Waals surface area contributed by atoms with E-state index in [2.05, 4.69) is 37.9 Å². The molecule has 142 valence electrons. The van der Waals surface area contributed by atoms with Crippen LogP contribution in [0.5, 0.6) is 0 Å². The predicted octanol–water partition coefficient (Wildman–Crippen LogP) is 4.23. The third-order valence-corrected chi connectivity index (χ3v) is 4.06. The fraction of sp³-hybridized carbons (Fsp3) is 0.500. The number of hydrogen-bond donors (Lipinski definition) is 1. The van der Waals surface area contributed by atoms with Gasteiger partial charge in [0.05, 0.1) is 6.61 Å². The summed E-state index contributed by atoms with van der Waals surface area (Å²) >= 11 is 0. The molecule has 1 N–H and O–H groups in total. The molecule has 6 nitrogen and oxygen atoms in total. The second kappa shape index (κ2) is 8.85. The Kier molecular flexibility index (Phi) is 6.80. The summed E-state index contributed by atoms with van der Waals surface area (Å²) in [5.41, 5.74) is 1.51. The maximum Gasteiger partial charge on any atom is 0.411 e. The number of benzene rings is 1. The smallest absolute Gasteiger partial charge is 0.411 e. The topological polar surface area (TPSA) is 71.8 Å². The number of amides is 1. The largest absolute Gasteiger partial charge is 0.450 e. The Labute approximate surface area is 154 Å². The van der Waals surface area contributed by atoms with Crippen LogP contribution in [0.15, 0.2) is 33.5 Å². The predicted molar refractivity (Wildman–Crippen MR) is 104 cm³/mol. The summed E-state index contributed by atoms with van der Waals surface area (Å²) in [7, 11) is 0. The molecule has 0 bridgehead atoms. The lowest BCUT2D eigenvalue weighted by atomic mass is 10.1. The SMILES string of the molecule is CCOC(=O)Nc1ccc2c(CN(CC(C)C)C(C)C)cc(=O)oc2c1. The molecule has 0 aliphatic rings. The third kappa shape index (κ3) is 5.33. The monoisotopic (exact) mass is 360 g/mol. The minimum absolute atomic E-state index is 0.291. The molecule has 0 spiro atoms. The number of fused-ring (bicyclic) bond motifs is 1. The molecule has 1 aromatic carbocycles. The summed E-state index contributed by atoms with van der Waals surface area (Å²) in [6.07, 6.45) is -0.534. The Bertz CT molecular complexity index is 811. The van der Waals surface area contributed by atoms with Crippen LogP contribution in [0, 0.1) is 5.92 Å². The highest BCUT2D eigenvalue weighted by Gasteiger charge is 2.15. The molecule has 0 aliphatic heterocycles. The molecule has 0 saturated carbocycles. The van der Waals surface area contributed by atoms with Crippen LogP contribution in [0.3, 0.4) is 0 Å². The van der Waals surface area contributed by atoms with Gasteiger partial charge in [0.15, 0.2) is 0 Å². The highest BCUT2D eigenvalue weighted by Crippen LogP contribution is 2.23. The Morgan fingerprint density at radius 3 is 2.58 bits per heavy atom. The zero-order valence-electron chi connectivity index (χ0n) is 16.2. The summed E-state index contributed by atoms with van der Waals surface area (Å²) in [5, 5.41) is 3.49. The average Bonchev–Trinajstić information content (AvgIpc) is 2.53. The van der Waals surface area contributed by atoms with Crippen LogP contribution in [0.4, 0.5) is 10.5 Å². The first-order chi connectivity index (χ1) is 12.3. The van der Waals surface area contributed by atoms with Crippen LogP contribution >= 0.6 is 0 Å². The van der Waals surface area contributed by atoms with Crippen molar-refractivity contribution in [2.45, 2.75) is 47.2 Å². The average molecular weight is 360 g/mol. The minimum atomic E-state index is -0.534. The fourth-order valence-electron chi connectivity index (χ4n) is 2.87. The molecule has 2 rings (SSSR count). The molecular formula is C20H28N2O4. The molecule has 0 atom stereocenters. The molecule has 1 aromatic heterocycles. The number of nitrogens with one attached hydrogen (secondary N) is 1. The molecule has 0 fully saturated rings. The first kappa shape index (κ1) is 20.0. The van der Waals surface area contributed by atoms with E-state index in [1.54, 1.807) is 25.1 Å². The van der Waals surface area contributed by atoms with Crippen LogP contribution in [0.25, 0.3) is 11.0 Å². The third-order valence-electron chi connectivity index (χ3n) is 4.06. The van der Waals surface area contributed by atoms with Gasteiger partial charge in [0.2, 0.25) is 0 Å². The maximum atomic E-state index is 12.0. The van der Waals surface area contributed by atoms with Crippen LogP contribution in [-0.2, 0) is 11.3 Å². The second-order valence-electron chi connectivity index (χ2n) is 7.06. The van der Waals surface area contributed by atoms with Gasteiger partial charge >= 0.3 is 11.7 Å². The molecule has 0 unspecified atom stereocenters. The van der Waals surface area contributed by atoms with Crippen molar-refractivity contribution >= 4 is 22.7 Å². The minimum Gasteiger partial charge on any atom is -0.450 e. The first-order valence-corrected chi connectivity index (χ1v) is 9.04. The molecule has 0 saturated heterocycles. The quantitative estimate of drug-likeness (QED) is 0.748. The molecule has 0 radical (unpaired) electrons. The van der Waals surface area contributed by atoms with Gasteiger partial charge in [-0.2, -0.15) is 0 Å². The van der Waals surface area contributed by atoms with E-state index in [0.717, 1.165) is 17.5 Å². The summed E-state index contributed by atoms with van der Waals surface area (Å²) in [4.78, 5) is 25.9. The Morgan fingerprint density at radius 2 is 1.96 bits per heavy atom. The summed E-state index contributed by atoms with van der Waals surface area (Å²) in [6.45, 7) is 12.3. The zero-order chi connectivity index (χ0) is 19.3. The summed E-state index contributed by atoms with van der Waals surface area (Å²) < 4.78 is 10.2. The molecule has 1 heterocycles. The molecule has 0 aliphatic carbocycles.